The fourth-order valence-corrected chi connectivity index (χ4v) is 5.88. The highest BCUT2D eigenvalue weighted by molar-refractivity contribution is 6.30. The van der Waals surface area contributed by atoms with Gasteiger partial charge in [0.1, 0.15) is 28.2 Å². The maximum Gasteiger partial charge on any atom is 0.343 e. The molecule has 0 aromatic heterocycles. The highest BCUT2D eigenvalue weighted by Crippen LogP contribution is 2.48. The van der Waals surface area contributed by atoms with Gasteiger partial charge in [-0.2, -0.15) is 0 Å². The van der Waals surface area contributed by atoms with E-state index in [2.05, 4.69) is 19.1 Å². The summed E-state index contributed by atoms with van der Waals surface area (Å²) >= 11 is 5.45. The fraction of sp³-hybridized carbons (Fsp3) is 0.464. The number of halogens is 4. The quantitative estimate of drug-likeness (QED) is 0.175. The molecule has 2 nitrogen and oxygen atoms in total. The van der Waals surface area contributed by atoms with Gasteiger partial charge < -0.3 is 4.74 Å². The van der Waals surface area contributed by atoms with Crippen molar-refractivity contribution in [3.05, 3.63) is 76.1 Å². The van der Waals surface area contributed by atoms with Crippen molar-refractivity contribution in [2.75, 3.05) is 0 Å². The molecule has 4 atom stereocenters. The molecule has 6 heteroatoms. The zero-order valence-electron chi connectivity index (χ0n) is 19.3. The van der Waals surface area contributed by atoms with Crippen LogP contribution in [0.25, 0.3) is 0 Å². The Bertz CT molecular complexity index is 1040. The molecule has 2 aliphatic carbocycles. The van der Waals surface area contributed by atoms with Crippen LogP contribution in [0, 0.1) is 35.2 Å². The molecule has 0 aliphatic heterocycles. The second kappa shape index (κ2) is 11.0. The number of esters is 1. The van der Waals surface area contributed by atoms with E-state index in [1.54, 1.807) is 6.07 Å². The van der Waals surface area contributed by atoms with Gasteiger partial charge in [0, 0.05) is 12.1 Å². The molecule has 0 radical (unpaired) electrons. The molecule has 2 fully saturated rings. The maximum absolute atomic E-state index is 15.0. The first-order valence-electron chi connectivity index (χ1n) is 12.1. The third-order valence-electron chi connectivity index (χ3n) is 7.54. The van der Waals surface area contributed by atoms with E-state index in [1.807, 2.05) is 0 Å². The first-order chi connectivity index (χ1) is 16.4. The Hall–Kier alpha value is -2.27. The highest BCUT2D eigenvalue weighted by Gasteiger charge is 2.36. The summed E-state index contributed by atoms with van der Waals surface area (Å²) in [5, 5.41) is -0.674. The van der Waals surface area contributed by atoms with Crippen LogP contribution in [-0.4, -0.2) is 5.97 Å². The van der Waals surface area contributed by atoms with Gasteiger partial charge in [-0.3, -0.25) is 0 Å². The third kappa shape index (κ3) is 5.68. The molecule has 4 unspecified atom stereocenters. The Morgan fingerprint density at radius 1 is 1.00 bits per heavy atom. The molecule has 182 valence electrons. The van der Waals surface area contributed by atoms with Gasteiger partial charge in [-0.1, -0.05) is 36.2 Å². The number of benzene rings is 2. The van der Waals surface area contributed by atoms with Crippen LogP contribution in [0.4, 0.5) is 13.2 Å². The van der Waals surface area contributed by atoms with E-state index in [0.717, 1.165) is 55.7 Å². The predicted octanol–water partition coefficient (Wildman–Crippen LogP) is 8.63. The Morgan fingerprint density at radius 3 is 2.41 bits per heavy atom. The van der Waals surface area contributed by atoms with E-state index < -0.39 is 28.4 Å². The normalized spacial score (nSPS) is 24.7. The van der Waals surface area contributed by atoms with Gasteiger partial charge in [-0.15, -0.1) is 0 Å². The number of allylic oxidation sites excluding steroid dienone is 2. The molecule has 4 rings (SSSR count). The van der Waals surface area contributed by atoms with Gasteiger partial charge in [-0.25, -0.2) is 18.0 Å². The molecule has 0 spiro atoms. The summed E-state index contributed by atoms with van der Waals surface area (Å²) in [5.74, 6) is -1.40. The summed E-state index contributed by atoms with van der Waals surface area (Å²) < 4.78 is 47.2. The van der Waals surface area contributed by atoms with Crippen molar-refractivity contribution in [1.82, 2.24) is 0 Å². The van der Waals surface area contributed by atoms with Gasteiger partial charge >= 0.3 is 5.97 Å². The summed E-state index contributed by atoms with van der Waals surface area (Å²) in [6.45, 7) is 2.06. The largest absolute Gasteiger partial charge is 0.423 e. The molecule has 0 heterocycles. The lowest BCUT2D eigenvalue weighted by atomic mass is 9.63. The number of fused-ring (bicyclic) bond motifs is 1. The fourth-order valence-electron chi connectivity index (χ4n) is 5.77. The standard InChI is InChI=1S/C28H30ClF3O2/c1-2-3-4-5-17-6-7-19-13-20(9-8-18(19)12-17)23-11-10-21(14-24(23)30)28(33)34-22-15-25(31)27(29)26(32)16-22/h2-3,10-11,14-20H,4-9,12-13H2,1H3/b3-2+. The Balaban J connectivity index is 1.38. The van der Waals surface area contributed by atoms with E-state index in [4.69, 9.17) is 16.3 Å². The van der Waals surface area contributed by atoms with Gasteiger partial charge in [0.15, 0.2) is 0 Å². The van der Waals surface area contributed by atoms with E-state index >= 15 is 4.39 Å². The monoisotopic (exact) mass is 490 g/mol. The van der Waals surface area contributed by atoms with E-state index in [-0.39, 0.29) is 17.2 Å². The zero-order valence-corrected chi connectivity index (χ0v) is 20.1. The Kier molecular flexibility index (Phi) is 8.02. The average Bonchev–Trinajstić information content (AvgIpc) is 2.82. The van der Waals surface area contributed by atoms with Crippen LogP contribution in [-0.2, 0) is 0 Å². The number of carbonyl (C=O) groups excluding carboxylic acids is 1. The predicted molar refractivity (Wildman–Crippen MR) is 128 cm³/mol. The molecule has 0 bridgehead atoms. The molecular weight excluding hydrogens is 461 g/mol. The first-order valence-corrected chi connectivity index (χ1v) is 12.5. The summed E-state index contributed by atoms with van der Waals surface area (Å²) in [4.78, 5) is 12.4. The molecule has 0 saturated heterocycles. The van der Waals surface area contributed by atoms with Crippen molar-refractivity contribution >= 4 is 17.6 Å². The lowest BCUT2D eigenvalue weighted by Crippen LogP contribution is -2.30. The van der Waals surface area contributed by atoms with Crippen molar-refractivity contribution in [2.24, 2.45) is 17.8 Å². The van der Waals surface area contributed by atoms with E-state index in [0.29, 0.717) is 11.5 Å². The summed E-state index contributed by atoms with van der Waals surface area (Å²) in [5.41, 5.74) is 0.626. The van der Waals surface area contributed by atoms with Crippen LogP contribution < -0.4 is 4.74 Å². The highest BCUT2D eigenvalue weighted by atomic mass is 35.5. The summed E-state index contributed by atoms with van der Waals surface area (Å²) in [6, 6.07) is 5.98. The molecule has 2 aliphatic rings. The lowest BCUT2D eigenvalue weighted by Gasteiger charge is -2.42. The van der Waals surface area contributed by atoms with Crippen LogP contribution in [0.2, 0.25) is 5.02 Å². The number of ether oxygens (including phenoxy) is 1. The summed E-state index contributed by atoms with van der Waals surface area (Å²) in [6.07, 6.45) is 13.6. The molecule has 0 N–H and O–H groups in total. The minimum absolute atomic E-state index is 0.00709. The van der Waals surface area contributed by atoms with Crippen LogP contribution in [0.3, 0.4) is 0 Å². The smallest absolute Gasteiger partial charge is 0.343 e. The second-order valence-electron chi connectivity index (χ2n) is 9.68. The SMILES string of the molecule is C/C=C/CCC1CCC2CC(c3ccc(C(=O)Oc4cc(F)c(Cl)c(F)c4)cc3F)CCC2C1. The number of hydrogen-bond acceptors (Lipinski definition) is 2. The van der Waals surface area contributed by atoms with Crippen LogP contribution in [0.1, 0.15) is 80.1 Å². The maximum atomic E-state index is 15.0. The number of rotatable bonds is 6. The van der Waals surface area contributed by atoms with Crippen molar-refractivity contribution < 1.29 is 22.7 Å². The lowest BCUT2D eigenvalue weighted by molar-refractivity contribution is 0.0733. The van der Waals surface area contributed by atoms with Crippen molar-refractivity contribution in [3.63, 3.8) is 0 Å². The molecule has 2 aromatic carbocycles. The zero-order chi connectivity index (χ0) is 24.2. The van der Waals surface area contributed by atoms with Crippen molar-refractivity contribution in [3.8, 4) is 5.75 Å². The topological polar surface area (TPSA) is 26.3 Å². The van der Waals surface area contributed by atoms with Crippen LogP contribution >= 0.6 is 11.6 Å². The van der Waals surface area contributed by atoms with E-state index in [9.17, 15) is 13.6 Å². The molecular formula is C28H30ClF3O2. The molecule has 2 saturated carbocycles. The van der Waals surface area contributed by atoms with E-state index in [1.165, 1.54) is 31.7 Å². The van der Waals surface area contributed by atoms with Crippen molar-refractivity contribution in [2.45, 2.75) is 64.2 Å². The third-order valence-corrected chi connectivity index (χ3v) is 7.90. The average molecular weight is 491 g/mol. The van der Waals surface area contributed by atoms with Crippen LogP contribution in [0.5, 0.6) is 5.75 Å². The summed E-state index contributed by atoms with van der Waals surface area (Å²) in [7, 11) is 0. The Morgan fingerprint density at radius 2 is 1.71 bits per heavy atom. The minimum Gasteiger partial charge on any atom is -0.423 e. The van der Waals surface area contributed by atoms with Crippen LogP contribution in [0.15, 0.2) is 42.5 Å². The van der Waals surface area contributed by atoms with Gasteiger partial charge in [-0.05, 0) is 93.2 Å². The van der Waals surface area contributed by atoms with Gasteiger partial charge in [0.25, 0.3) is 0 Å². The second-order valence-corrected chi connectivity index (χ2v) is 10.1. The molecule has 2 aromatic rings. The number of hydrogen-bond donors (Lipinski definition) is 0. The molecule has 0 amide bonds. The molecule has 34 heavy (non-hydrogen) atoms. The Labute approximate surface area is 204 Å². The van der Waals surface area contributed by atoms with Crippen molar-refractivity contribution in [1.29, 1.82) is 0 Å². The van der Waals surface area contributed by atoms with Gasteiger partial charge in [0.05, 0.1) is 5.56 Å². The minimum atomic E-state index is -1.03. The first kappa shape index (κ1) is 24.8. The number of carbonyl (C=O) groups is 1. The van der Waals surface area contributed by atoms with Gasteiger partial charge in [0.2, 0.25) is 0 Å².